The normalized spacial score (nSPS) is 21.6. The highest BCUT2D eigenvalue weighted by molar-refractivity contribution is 7.09. The predicted molar refractivity (Wildman–Crippen MR) is 159 cm³/mol. The average molecular weight is 583 g/mol. The Kier molecular flexibility index (Phi) is 8.44. The zero-order valence-corrected chi connectivity index (χ0v) is 26.1. The Morgan fingerprint density at radius 2 is 1.85 bits per heavy atom. The lowest BCUT2D eigenvalue weighted by atomic mass is 9.82. The molecule has 0 spiro atoms. The van der Waals surface area contributed by atoms with Crippen molar-refractivity contribution in [3.63, 3.8) is 0 Å². The number of likely N-dealkylation sites (tertiary alicyclic amines) is 1. The van der Waals surface area contributed by atoms with Crippen LogP contribution in [0, 0.1) is 5.92 Å². The zero-order valence-electron chi connectivity index (χ0n) is 24.6. The van der Waals surface area contributed by atoms with E-state index in [1.807, 2.05) is 32.2 Å². The highest BCUT2D eigenvalue weighted by Gasteiger charge is 2.61. The lowest BCUT2D eigenvalue weighted by Gasteiger charge is -2.41. The number of aromatic nitrogens is 3. The van der Waals surface area contributed by atoms with E-state index in [9.17, 15) is 9.59 Å². The molecule has 0 N–H and O–H groups in total. The minimum absolute atomic E-state index is 0.0900. The number of hydrogen-bond donors (Lipinski definition) is 0. The van der Waals surface area contributed by atoms with Crippen LogP contribution in [0.25, 0.3) is 0 Å². The monoisotopic (exact) mass is 582 g/mol. The van der Waals surface area contributed by atoms with Gasteiger partial charge in [-0.15, -0.1) is 11.3 Å². The van der Waals surface area contributed by atoms with Gasteiger partial charge in [-0.05, 0) is 62.6 Å². The molecule has 0 bridgehead atoms. The fraction of sp³-hybridized carbons (Fsp3) is 0.516. The van der Waals surface area contributed by atoms with E-state index in [1.54, 1.807) is 41.8 Å². The Morgan fingerprint density at radius 1 is 1.12 bits per heavy atom. The van der Waals surface area contributed by atoms with Gasteiger partial charge in [0.15, 0.2) is 0 Å². The summed E-state index contributed by atoms with van der Waals surface area (Å²) in [5.41, 5.74) is -0.125. The molecule has 0 saturated carbocycles. The number of carbonyl (C=O) groups is 2. The van der Waals surface area contributed by atoms with E-state index in [-0.39, 0.29) is 23.2 Å². The molecule has 7 nitrogen and oxygen atoms in total. The van der Waals surface area contributed by atoms with Crippen molar-refractivity contribution in [3.8, 4) is 0 Å². The molecule has 1 fully saturated rings. The third-order valence-corrected chi connectivity index (χ3v) is 8.27. The molecule has 40 heavy (non-hydrogen) atoms. The molecule has 0 unspecified atom stereocenters. The van der Waals surface area contributed by atoms with E-state index < -0.39 is 23.2 Å². The van der Waals surface area contributed by atoms with E-state index in [1.165, 1.54) is 11.3 Å². The molecule has 1 amide bonds. The second kappa shape index (κ2) is 11.2. The molecule has 1 aliphatic heterocycles. The van der Waals surface area contributed by atoms with Gasteiger partial charge >= 0.3 is 5.97 Å². The maximum Gasteiger partial charge on any atom is 0.332 e. The predicted octanol–water partition coefficient (Wildman–Crippen LogP) is 7.38. The van der Waals surface area contributed by atoms with Crippen LogP contribution in [0.15, 0.2) is 48.4 Å². The van der Waals surface area contributed by atoms with Crippen LogP contribution in [-0.4, -0.2) is 42.9 Å². The van der Waals surface area contributed by atoms with Crippen molar-refractivity contribution < 1.29 is 14.3 Å². The van der Waals surface area contributed by atoms with Gasteiger partial charge in [0.1, 0.15) is 16.1 Å². The van der Waals surface area contributed by atoms with Gasteiger partial charge in [0.2, 0.25) is 0 Å². The average Bonchev–Trinajstić information content (AvgIpc) is 3.49. The Bertz CT molecular complexity index is 1350. The maximum absolute atomic E-state index is 14.7. The highest BCUT2D eigenvalue weighted by atomic mass is 35.5. The zero-order chi connectivity index (χ0) is 29.5. The largest absolute Gasteiger partial charge is 0.458 e. The van der Waals surface area contributed by atoms with Crippen molar-refractivity contribution >= 4 is 34.8 Å². The first kappa shape index (κ1) is 30.1. The standard InChI is InChI=1S/C31H39ClN4O3S/c1-19(2)16-31(28(38)39-30(6,7)8)17-21(24-18-33-11-12-34-24)25(26-35-13-14-40-26)36(31)27(37)20-9-10-22(23(32)15-20)29(3,4)5/h9-15,18-19,21,25H,16-17H2,1-8H3/t21-,25-,31+/m1/s1. The molecular formula is C31H39ClN4O3S. The first-order chi connectivity index (χ1) is 18.6. The second-order valence-corrected chi connectivity index (χ2v) is 14.3. The summed E-state index contributed by atoms with van der Waals surface area (Å²) >= 11 is 8.20. The maximum atomic E-state index is 14.7. The first-order valence-electron chi connectivity index (χ1n) is 13.7. The molecule has 3 atom stereocenters. The Balaban J connectivity index is 1.96. The van der Waals surface area contributed by atoms with Gasteiger partial charge in [0.05, 0.1) is 11.7 Å². The van der Waals surface area contributed by atoms with Gasteiger partial charge in [-0.25, -0.2) is 9.78 Å². The van der Waals surface area contributed by atoms with Gasteiger partial charge in [0, 0.05) is 46.7 Å². The van der Waals surface area contributed by atoms with Crippen LogP contribution in [0.3, 0.4) is 0 Å². The van der Waals surface area contributed by atoms with Crippen LogP contribution in [-0.2, 0) is 14.9 Å². The second-order valence-electron chi connectivity index (χ2n) is 13.0. The van der Waals surface area contributed by atoms with E-state index in [0.29, 0.717) is 29.1 Å². The van der Waals surface area contributed by atoms with Gasteiger partial charge in [-0.1, -0.05) is 52.3 Å². The van der Waals surface area contributed by atoms with Gasteiger partial charge in [0.25, 0.3) is 5.91 Å². The minimum atomic E-state index is -1.26. The van der Waals surface area contributed by atoms with Crippen molar-refractivity contribution in [1.29, 1.82) is 0 Å². The van der Waals surface area contributed by atoms with Crippen LogP contribution in [0.1, 0.15) is 107 Å². The number of carbonyl (C=O) groups excluding carboxylic acids is 2. The molecule has 3 aromatic rings. The number of hydrogen-bond acceptors (Lipinski definition) is 7. The quantitative estimate of drug-likeness (QED) is 0.282. The third kappa shape index (κ3) is 6.08. The van der Waals surface area contributed by atoms with E-state index in [2.05, 4.69) is 49.6 Å². The van der Waals surface area contributed by atoms with Crippen LogP contribution >= 0.6 is 22.9 Å². The van der Waals surface area contributed by atoms with Crippen LogP contribution in [0.2, 0.25) is 5.02 Å². The van der Waals surface area contributed by atoms with Gasteiger partial charge in [-0.3, -0.25) is 14.8 Å². The topological polar surface area (TPSA) is 85.3 Å². The smallest absolute Gasteiger partial charge is 0.332 e. The summed E-state index contributed by atoms with van der Waals surface area (Å²) in [6, 6.07) is 4.88. The number of ether oxygens (including phenoxy) is 1. The Morgan fingerprint density at radius 3 is 2.38 bits per heavy atom. The van der Waals surface area contributed by atoms with Crippen LogP contribution in [0.4, 0.5) is 0 Å². The summed E-state index contributed by atoms with van der Waals surface area (Å²) in [5.74, 6) is -0.945. The molecule has 0 aliphatic carbocycles. The number of amides is 1. The van der Waals surface area contributed by atoms with Crippen molar-refractivity contribution in [2.24, 2.45) is 5.92 Å². The molecule has 1 saturated heterocycles. The molecule has 3 heterocycles. The highest BCUT2D eigenvalue weighted by Crippen LogP contribution is 2.55. The van der Waals surface area contributed by atoms with Gasteiger partial charge < -0.3 is 9.64 Å². The molecular weight excluding hydrogens is 544 g/mol. The van der Waals surface area contributed by atoms with Crippen molar-refractivity contribution in [1.82, 2.24) is 19.9 Å². The number of benzene rings is 1. The number of rotatable bonds is 6. The molecule has 1 aliphatic rings. The fourth-order valence-corrected chi connectivity index (χ4v) is 6.92. The van der Waals surface area contributed by atoms with Crippen molar-refractivity contribution in [2.75, 3.05) is 0 Å². The van der Waals surface area contributed by atoms with Gasteiger partial charge in [-0.2, -0.15) is 0 Å². The molecule has 0 radical (unpaired) electrons. The number of esters is 1. The number of thiazole rings is 1. The molecule has 1 aromatic carbocycles. The molecule has 4 rings (SSSR count). The van der Waals surface area contributed by atoms with Crippen molar-refractivity contribution in [3.05, 3.63) is 75.2 Å². The van der Waals surface area contributed by atoms with E-state index in [0.717, 1.165) is 10.6 Å². The summed E-state index contributed by atoms with van der Waals surface area (Å²) in [4.78, 5) is 44.3. The third-order valence-electron chi connectivity index (χ3n) is 7.11. The lowest BCUT2D eigenvalue weighted by molar-refractivity contribution is -0.168. The van der Waals surface area contributed by atoms with E-state index >= 15 is 0 Å². The summed E-state index contributed by atoms with van der Waals surface area (Å²) in [5, 5.41) is 3.13. The first-order valence-corrected chi connectivity index (χ1v) is 14.9. The summed E-state index contributed by atoms with van der Waals surface area (Å²) in [7, 11) is 0. The summed E-state index contributed by atoms with van der Waals surface area (Å²) < 4.78 is 6.07. The summed E-state index contributed by atoms with van der Waals surface area (Å²) in [6.45, 7) is 15.9. The number of halogens is 1. The number of nitrogens with zero attached hydrogens (tertiary/aromatic N) is 4. The Hall–Kier alpha value is -2.84. The van der Waals surface area contributed by atoms with Crippen LogP contribution < -0.4 is 0 Å². The van der Waals surface area contributed by atoms with Crippen molar-refractivity contribution in [2.45, 2.75) is 96.7 Å². The molecule has 2 aromatic heterocycles. The minimum Gasteiger partial charge on any atom is -0.458 e. The fourth-order valence-electron chi connectivity index (χ4n) is 5.66. The Labute approximate surface area is 246 Å². The summed E-state index contributed by atoms with van der Waals surface area (Å²) in [6.07, 6.45) is 7.45. The van der Waals surface area contributed by atoms with Crippen LogP contribution in [0.5, 0.6) is 0 Å². The lowest BCUT2D eigenvalue weighted by Crippen LogP contribution is -2.56. The molecule has 214 valence electrons. The van der Waals surface area contributed by atoms with E-state index in [4.69, 9.17) is 16.3 Å². The SMILES string of the molecule is CC(C)C[C@@]1(C(=O)OC(C)(C)C)C[C@H](c2cnccn2)[C@H](c2nccs2)N1C(=O)c1ccc(C(C)(C)C)c(Cl)c1. The molecule has 9 heteroatoms.